The Morgan fingerprint density at radius 1 is 0.526 bits per heavy atom. The van der Waals surface area contributed by atoms with E-state index in [1.807, 2.05) is 12.1 Å². The SMILES string of the molecule is Cc1ccc(Pc2ccccc2[C@@H](OC(c2ccc(C)cc2)c2ccc(C)cc2)c2ccc(Cl)cc2)cc1. The van der Waals surface area contributed by atoms with E-state index in [0.717, 1.165) is 21.7 Å². The van der Waals surface area contributed by atoms with E-state index in [2.05, 4.69) is 130 Å². The van der Waals surface area contributed by atoms with Gasteiger partial charge in [0, 0.05) is 5.02 Å². The van der Waals surface area contributed by atoms with Crippen molar-refractivity contribution in [3.8, 4) is 0 Å². The van der Waals surface area contributed by atoms with Crippen LogP contribution in [0.15, 0.2) is 121 Å². The molecular weight excluding hydrogens is 503 g/mol. The second-order valence-electron chi connectivity index (χ2n) is 9.85. The molecule has 0 fully saturated rings. The molecule has 0 radical (unpaired) electrons. The average molecular weight is 535 g/mol. The van der Waals surface area contributed by atoms with Crippen LogP contribution in [-0.2, 0) is 4.74 Å². The first kappa shape index (κ1) is 26.4. The maximum absolute atomic E-state index is 7.17. The molecular formula is C35H32ClOP. The Kier molecular flexibility index (Phi) is 8.40. The Labute approximate surface area is 233 Å². The van der Waals surface area contributed by atoms with E-state index in [-0.39, 0.29) is 12.2 Å². The van der Waals surface area contributed by atoms with E-state index in [4.69, 9.17) is 16.3 Å². The van der Waals surface area contributed by atoms with Crippen LogP contribution in [0, 0.1) is 20.8 Å². The Balaban J connectivity index is 1.60. The van der Waals surface area contributed by atoms with Crippen molar-refractivity contribution in [1.29, 1.82) is 0 Å². The lowest BCUT2D eigenvalue weighted by molar-refractivity contribution is 0.0314. The predicted octanol–water partition coefficient (Wildman–Crippen LogP) is 8.79. The van der Waals surface area contributed by atoms with Gasteiger partial charge in [0.1, 0.15) is 12.2 Å². The molecule has 0 spiro atoms. The van der Waals surface area contributed by atoms with E-state index in [9.17, 15) is 0 Å². The van der Waals surface area contributed by atoms with Crippen molar-refractivity contribution in [1.82, 2.24) is 0 Å². The van der Waals surface area contributed by atoms with Crippen molar-refractivity contribution < 1.29 is 4.74 Å². The molecule has 0 bridgehead atoms. The fraction of sp³-hybridized carbons (Fsp3) is 0.143. The molecule has 0 N–H and O–H groups in total. The summed E-state index contributed by atoms with van der Waals surface area (Å²) in [5.41, 5.74) is 8.27. The van der Waals surface area contributed by atoms with E-state index >= 15 is 0 Å². The second-order valence-corrected chi connectivity index (χ2v) is 11.6. The number of hydrogen-bond donors (Lipinski definition) is 0. The highest BCUT2D eigenvalue weighted by molar-refractivity contribution is 7.55. The van der Waals surface area contributed by atoms with Gasteiger partial charge in [-0.25, -0.2) is 0 Å². The van der Waals surface area contributed by atoms with Crippen LogP contribution in [0.2, 0.25) is 5.02 Å². The summed E-state index contributed by atoms with van der Waals surface area (Å²) in [5.74, 6) is 0. The van der Waals surface area contributed by atoms with Gasteiger partial charge in [0.15, 0.2) is 0 Å². The van der Waals surface area contributed by atoms with Gasteiger partial charge in [-0.2, -0.15) is 0 Å². The Morgan fingerprint density at radius 3 is 1.53 bits per heavy atom. The third-order valence-electron chi connectivity index (χ3n) is 6.78. The topological polar surface area (TPSA) is 9.23 Å². The van der Waals surface area contributed by atoms with Gasteiger partial charge < -0.3 is 4.74 Å². The molecule has 1 unspecified atom stereocenters. The summed E-state index contributed by atoms with van der Waals surface area (Å²) >= 11 is 6.30. The van der Waals surface area contributed by atoms with Gasteiger partial charge in [-0.3, -0.25) is 0 Å². The maximum Gasteiger partial charge on any atom is 0.109 e. The van der Waals surface area contributed by atoms with Crippen LogP contribution in [0.3, 0.4) is 0 Å². The third kappa shape index (κ3) is 6.43. The maximum atomic E-state index is 7.17. The highest BCUT2D eigenvalue weighted by Crippen LogP contribution is 2.37. The van der Waals surface area contributed by atoms with Gasteiger partial charge in [0.25, 0.3) is 0 Å². The third-order valence-corrected chi connectivity index (χ3v) is 8.38. The first-order chi connectivity index (χ1) is 18.5. The summed E-state index contributed by atoms with van der Waals surface area (Å²) in [6.45, 7) is 6.36. The van der Waals surface area contributed by atoms with Crippen LogP contribution in [0.25, 0.3) is 0 Å². The zero-order valence-electron chi connectivity index (χ0n) is 22.0. The van der Waals surface area contributed by atoms with Gasteiger partial charge in [0.05, 0.1) is 0 Å². The molecule has 0 aliphatic carbocycles. The Morgan fingerprint density at radius 2 is 0.974 bits per heavy atom. The van der Waals surface area contributed by atoms with Crippen molar-refractivity contribution in [2.24, 2.45) is 0 Å². The number of ether oxygens (including phenoxy) is 1. The van der Waals surface area contributed by atoms with Crippen molar-refractivity contribution in [3.05, 3.63) is 165 Å². The van der Waals surface area contributed by atoms with Gasteiger partial charge in [-0.15, -0.1) is 0 Å². The smallest absolute Gasteiger partial charge is 0.109 e. The number of benzene rings is 5. The molecule has 0 amide bonds. The van der Waals surface area contributed by atoms with Crippen LogP contribution < -0.4 is 10.6 Å². The zero-order chi connectivity index (χ0) is 26.5. The van der Waals surface area contributed by atoms with E-state index in [1.54, 1.807) is 0 Å². The van der Waals surface area contributed by atoms with Crippen LogP contribution in [0.1, 0.15) is 51.2 Å². The minimum absolute atomic E-state index is 0.229. The van der Waals surface area contributed by atoms with Crippen molar-refractivity contribution in [3.63, 3.8) is 0 Å². The fourth-order valence-electron chi connectivity index (χ4n) is 4.57. The molecule has 0 aromatic heterocycles. The predicted molar refractivity (Wildman–Crippen MR) is 164 cm³/mol. The highest BCUT2D eigenvalue weighted by atomic mass is 35.5. The average Bonchev–Trinajstić information content (AvgIpc) is 2.93. The molecule has 0 aliphatic rings. The van der Waals surface area contributed by atoms with Crippen LogP contribution in [-0.4, -0.2) is 0 Å². The largest absolute Gasteiger partial charge is 0.356 e. The summed E-state index contributed by atoms with van der Waals surface area (Å²) < 4.78 is 7.17. The molecule has 5 aromatic rings. The quantitative estimate of drug-likeness (QED) is 0.181. The molecule has 5 aromatic carbocycles. The minimum atomic E-state index is -0.269. The molecule has 5 rings (SSSR count). The van der Waals surface area contributed by atoms with Gasteiger partial charge in [-0.05, 0) is 65.8 Å². The normalized spacial score (nSPS) is 12.3. The highest BCUT2D eigenvalue weighted by Gasteiger charge is 2.25. The van der Waals surface area contributed by atoms with Gasteiger partial charge >= 0.3 is 0 Å². The Hall–Kier alpha value is -3.22. The molecule has 0 saturated carbocycles. The zero-order valence-corrected chi connectivity index (χ0v) is 23.7. The van der Waals surface area contributed by atoms with E-state index in [0.29, 0.717) is 8.58 Å². The van der Waals surface area contributed by atoms with Crippen molar-refractivity contribution in [2.45, 2.75) is 33.0 Å². The van der Waals surface area contributed by atoms with E-state index in [1.165, 1.54) is 32.9 Å². The molecule has 1 nitrogen and oxygen atoms in total. The molecule has 3 heteroatoms. The van der Waals surface area contributed by atoms with E-state index < -0.39 is 0 Å². The molecule has 38 heavy (non-hydrogen) atoms. The molecule has 0 heterocycles. The lowest BCUT2D eigenvalue weighted by atomic mass is 9.97. The molecule has 0 saturated heterocycles. The Bertz CT molecular complexity index is 1430. The van der Waals surface area contributed by atoms with Crippen LogP contribution in [0.5, 0.6) is 0 Å². The summed E-state index contributed by atoms with van der Waals surface area (Å²) in [5, 5.41) is 3.31. The molecule has 0 aliphatic heterocycles. The lowest BCUT2D eigenvalue weighted by Crippen LogP contribution is -2.19. The number of hydrogen-bond acceptors (Lipinski definition) is 1. The van der Waals surface area contributed by atoms with Crippen molar-refractivity contribution in [2.75, 3.05) is 0 Å². The monoisotopic (exact) mass is 534 g/mol. The number of halogens is 1. The van der Waals surface area contributed by atoms with Gasteiger partial charge in [0.2, 0.25) is 0 Å². The molecule has 2 atom stereocenters. The second kappa shape index (κ2) is 12.1. The number of aryl methyl sites for hydroxylation is 3. The first-order valence-electron chi connectivity index (χ1n) is 12.9. The summed E-state index contributed by atoms with van der Waals surface area (Å²) in [7, 11) is 0.527. The van der Waals surface area contributed by atoms with Gasteiger partial charge in [-0.1, -0.05) is 146 Å². The lowest BCUT2D eigenvalue weighted by Gasteiger charge is -2.28. The van der Waals surface area contributed by atoms with Crippen LogP contribution in [0.4, 0.5) is 0 Å². The van der Waals surface area contributed by atoms with Crippen LogP contribution >= 0.6 is 20.2 Å². The summed E-state index contributed by atoms with van der Waals surface area (Å²) in [6.07, 6.45) is -0.498. The van der Waals surface area contributed by atoms with Crippen molar-refractivity contribution >= 4 is 30.8 Å². The molecule has 190 valence electrons. The fourth-order valence-corrected chi connectivity index (χ4v) is 5.88. The number of rotatable bonds is 8. The summed E-state index contributed by atoms with van der Waals surface area (Å²) in [6, 6.07) is 42.9. The standard InChI is InChI=1S/C35H32ClOP/c1-24-8-14-27(15-9-24)34(28-16-10-25(2)11-17-28)37-35(29-18-20-30(36)21-19-29)32-6-4-5-7-33(32)38-31-22-12-26(3)13-23-31/h4-23,34-35,38H,1-3H3/t35-/m0/s1. The minimum Gasteiger partial charge on any atom is -0.356 e. The summed E-state index contributed by atoms with van der Waals surface area (Å²) in [4.78, 5) is 0. The first-order valence-corrected chi connectivity index (χ1v) is 14.3.